The normalized spacial score (nSPS) is 33.4. The Labute approximate surface area is 152 Å². The molecule has 150 valence electrons. The second kappa shape index (κ2) is 7.57. The molecule has 0 aliphatic carbocycles. The summed E-state index contributed by atoms with van der Waals surface area (Å²) in [6, 6.07) is 0. The van der Waals surface area contributed by atoms with Crippen LogP contribution < -0.4 is 15.8 Å². The molecule has 0 radical (unpaired) electrons. The van der Waals surface area contributed by atoms with Crippen molar-refractivity contribution in [2.75, 3.05) is 32.2 Å². The monoisotopic (exact) mass is 388 g/mol. The van der Waals surface area contributed by atoms with Gasteiger partial charge in [-0.25, -0.2) is 0 Å². The van der Waals surface area contributed by atoms with Gasteiger partial charge in [-0.2, -0.15) is 14.5 Å². The predicted molar refractivity (Wildman–Crippen MR) is 90.9 cm³/mol. The molecular formula is C14H22N5O8+. The number of anilines is 1. The molecule has 27 heavy (non-hydrogen) atoms. The third kappa shape index (κ3) is 3.03. The van der Waals surface area contributed by atoms with Gasteiger partial charge >= 0.3 is 0 Å². The van der Waals surface area contributed by atoms with Gasteiger partial charge in [-0.3, -0.25) is 9.78 Å². The summed E-state index contributed by atoms with van der Waals surface area (Å²) < 4.78 is 10.4. The topological polar surface area (TPSA) is 204 Å². The van der Waals surface area contributed by atoms with Crippen molar-refractivity contribution in [1.29, 1.82) is 0 Å². The summed E-state index contributed by atoms with van der Waals surface area (Å²) in [6.45, 7) is -1.75. The molecule has 0 saturated carbocycles. The molecular weight excluding hydrogens is 366 g/mol. The minimum Gasteiger partial charge on any atom is -0.394 e. The Hall–Kier alpha value is -1.97. The lowest BCUT2D eigenvalue weighted by Gasteiger charge is -2.40. The van der Waals surface area contributed by atoms with Crippen molar-refractivity contribution < 1.29 is 35.0 Å². The lowest BCUT2D eigenvalue weighted by molar-refractivity contribution is -0.146. The number of aromatic amines is 1. The molecule has 1 fully saturated rings. The molecule has 1 aromatic heterocycles. The number of fused-ring (bicyclic) bond motifs is 1. The molecule has 0 amide bonds. The van der Waals surface area contributed by atoms with Crippen LogP contribution in [0.4, 0.5) is 17.5 Å². The van der Waals surface area contributed by atoms with Crippen LogP contribution in [0.5, 0.6) is 0 Å². The van der Waals surface area contributed by atoms with Crippen LogP contribution in [0.25, 0.3) is 0 Å². The van der Waals surface area contributed by atoms with Crippen LogP contribution in [0.15, 0.2) is 9.79 Å². The van der Waals surface area contributed by atoms with Crippen molar-refractivity contribution in [1.82, 2.24) is 14.5 Å². The Morgan fingerprint density at radius 3 is 2.67 bits per heavy atom. The Morgan fingerprint density at radius 1 is 1.33 bits per heavy atom. The van der Waals surface area contributed by atoms with Crippen molar-refractivity contribution in [3.63, 3.8) is 0 Å². The van der Waals surface area contributed by atoms with Crippen LogP contribution in [0, 0.1) is 0 Å². The number of aromatic nitrogens is 2. The van der Waals surface area contributed by atoms with Gasteiger partial charge in [0.05, 0.1) is 19.8 Å². The van der Waals surface area contributed by atoms with Crippen molar-refractivity contribution >= 4 is 23.8 Å². The number of hydrogen-bond donors (Lipinski definition) is 7. The zero-order valence-corrected chi connectivity index (χ0v) is 14.2. The predicted octanol–water partition coefficient (Wildman–Crippen LogP) is -3.90. The van der Waals surface area contributed by atoms with Crippen LogP contribution in [0.1, 0.15) is 0 Å². The van der Waals surface area contributed by atoms with Gasteiger partial charge in [0.25, 0.3) is 11.4 Å². The minimum atomic E-state index is -1.53. The molecule has 13 heteroatoms. The zero-order valence-electron chi connectivity index (χ0n) is 14.2. The largest absolute Gasteiger partial charge is 0.394 e. The van der Waals surface area contributed by atoms with Crippen molar-refractivity contribution in [3.8, 4) is 0 Å². The SMILES string of the molecule is Nc1nc2c(c(=O)[nH]1)N=C[N+]2(C(CO)OCCO)[C@@H]1O[C@H](CO)[C@@H](O)[C@H]1O. The van der Waals surface area contributed by atoms with Gasteiger partial charge in [-0.15, -0.1) is 0 Å². The summed E-state index contributed by atoms with van der Waals surface area (Å²) in [4.78, 5) is 22.6. The van der Waals surface area contributed by atoms with Gasteiger partial charge in [-0.1, -0.05) is 0 Å². The van der Waals surface area contributed by atoms with Crippen molar-refractivity contribution in [2.45, 2.75) is 30.8 Å². The van der Waals surface area contributed by atoms with E-state index < -0.39 is 54.0 Å². The fraction of sp³-hybridized carbons (Fsp3) is 0.643. The number of nitrogens with zero attached hydrogens (tertiary/aromatic N) is 3. The molecule has 3 rings (SSSR count). The van der Waals surface area contributed by atoms with Gasteiger partial charge in [0.15, 0.2) is 6.10 Å². The maximum absolute atomic E-state index is 12.2. The van der Waals surface area contributed by atoms with Crippen molar-refractivity contribution in [2.24, 2.45) is 4.99 Å². The molecule has 1 saturated heterocycles. The van der Waals surface area contributed by atoms with Crippen LogP contribution in [-0.2, 0) is 9.47 Å². The highest BCUT2D eigenvalue weighted by molar-refractivity contribution is 5.87. The van der Waals surface area contributed by atoms with E-state index in [1.807, 2.05) is 0 Å². The number of nitrogen functional groups attached to an aromatic ring is 1. The quantitative estimate of drug-likeness (QED) is 0.226. The Morgan fingerprint density at radius 2 is 2.07 bits per heavy atom. The first-order valence-corrected chi connectivity index (χ1v) is 8.20. The summed E-state index contributed by atoms with van der Waals surface area (Å²) in [6.07, 6.45) is -5.44. The Kier molecular flexibility index (Phi) is 5.55. The van der Waals surface area contributed by atoms with E-state index in [2.05, 4.69) is 15.0 Å². The average Bonchev–Trinajstić information content (AvgIpc) is 3.15. The van der Waals surface area contributed by atoms with Crippen LogP contribution >= 0.6 is 0 Å². The standard InChI is InChI=1S/C14H21N5O8/c15-14-17-11-8(12(25)18-14)16-5-19(11,7(4-22)26-2-1-20)13-10(24)9(23)6(3-21)27-13/h5-7,9-10,13,20-24H,1-4H2,(H2-,15,17,18,25)/p+1/t6-,7?,9-,10-,13-,19?/m1/s1. The molecule has 1 aromatic rings. The zero-order chi connectivity index (χ0) is 19.8. The lowest BCUT2D eigenvalue weighted by Crippen LogP contribution is -2.67. The third-order valence-corrected chi connectivity index (χ3v) is 4.61. The lowest BCUT2D eigenvalue weighted by atomic mass is 10.1. The van der Waals surface area contributed by atoms with Crippen LogP contribution in [-0.4, -0.2) is 99.0 Å². The van der Waals surface area contributed by atoms with E-state index in [9.17, 15) is 25.2 Å². The minimum absolute atomic E-state index is 0.0666. The molecule has 6 atom stereocenters. The number of ether oxygens (including phenoxy) is 2. The Balaban J connectivity index is 2.17. The second-order valence-corrected chi connectivity index (χ2v) is 6.16. The summed E-state index contributed by atoms with van der Waals surface area (Å²) >= 11 is 0. The third-order valence-electron chi connectivity index (χ3n) is 4.61. The number of H-pyrrole nitrogens is 1. The first kappa shape index (κ1) is 19.8. The van der Waals surface area contributed by atoms with E-state index in [1.165, 1.54) is 6.34 Å². The van der Waals surface area contributed by atoms with Gasteiger partial charge in [-0.05, 0) is 0 Å². The highest BCUT2D eigenvalue weighted by Gasteiger charge is 2.61. The van der Waals surface area contributed by atoms with Gasteiger partial charge in [0.2, 0.25) is 30.4 Å². The summed E-state index contributed by atoms with van der Waals surface area (Å²) in [5, 5.41) is 49.0. The molecule has 0 bridgehead atoms. The van der Waals surface area contributed by atoms with Crippen molar-refractivity contribution in [3.05, 3.63) is 10.4 Å². The molecule has 13 nitrogen and oxygen atoms in total. The molecule has 2 aliphatic rings. The molecule has 8 N–H and O–H groups in total. The van der Waals surface area contributed by atoms with E-state index in [1.54, 1.807) is 0 Å². The molecule has 2 unspecified atom stereocenters. The van der Waals surface area contributed by atoms with E-state index in [0.717, 1.165) is 0 Å². The van der Waals surface area contributed by atoms with E-state index >= 15 is 0 Å². The van der Waals surface area contributed by atoms with Gasteiger partial charge in [0, 0.05) is 0 Å². The summed E-state index contributed by atoms with van der Waals surface area (Å²) in [7, 11) is 0. The average molecular weight is 388 g/mol. The first-order valence-electron chi connectivity index (χ1n) is 8.20. The number of quaternary nitrogens is 1. The molecule has 0 aromatic carbocycles. The summed E-state index contributed by atoms with van der Waals surface area (Å²) in [5.74, 6) is -0.305. The fourth-order valence-corrected chi connectivity index (χ4v) is 3.36. The van der Waals surface area contributed by atoms with E-state index in [-0.39, 0.29) is 30.7 Å². The Bertz CT molecular complexity index is 772. The number of aliphatic hydroxyl groups excluding tert-OH is 5. The van der Waals surface area contributed by atoms with Crippen LogP contribution in [0.2, 0.25) is 0 Å². The van der Waals surface area contributed by atoms with E-state index in [0.29, 0.717) is 0 Å². The number of aliphatic hydroxyl groups is 5. The van der Waals surface area contributed by atoms with Gasteiger partial charge < -0.3 is 40.7 Å². The number of rotatable bonds is 7. The molecule has 3 heterocycles. The second-order valence-electron chi connectivity index (χ2n) is 6.16. The first-order chi connectivity index (χ1) is 12.9. The summed E-state index contributed by atoms with van der Waals surface area (Å²) in [5.41, 5.74) is 4.86. The number of nitrogens with two attached hydrogens (primary N) is 1. The number of nitrogens with one attached hydrogen (secondary N) is 1. The number of hydrogen-bond acceptors (Lipinski definition) is 11. The maximum atomic E-state index is 12.2. The highest BCUT2D eigenvalue weighted by Crippen LogP contribution is 2.42. The fourth-order valence-electron chi connectivity index (χ4n) is 3.36. The van der Waals surface area contributed by atoms with Gasteiger partial charge in [0.1, 0.15) is 18.8 Å². The maximum Gasteiger partial charge on any atom is 0.284 e. The van der Waals surface area contributed by atoms with E-state index in [4.69, 9.17) is 20.3 Å². The molecule has 2 aliphatic heterocycles. The highest BCUT2D eigenvalue weighted by atomic mass is 16.6. The number of aliphatic imine (C=N–C) groups is 1. The smallest absolute Gasteiger partial charge is 0.284 e. The molecule has 0 spiro atoms. The van der Waals surface area contributed by atoms with Crippen LogP contribution in [0.3, 0.4) is 0 Å².